The average molecular weight is 300 g/mol. The minimum absolute atomic E-state index is 0.131. The smallest absolute Gasteiger partial charge is 0.252 e. The molecule has 0 radical (unpaired) electrons. The van der Waals surface area contributed by atoms with Crippen LogP contribution in [0, 0.1) is 0 Å². The minimum atomic E-state index is -0.131. The third kappa shape index (κ3) is 5.14. The van der Waals surface area contributed by atoms with Gasteiger partial charge in [-0.05, 0) is 24.1 Å². The zero-order valence-electron chi connectivity index (χ0n) is 12.6. The van der Waals surface area contributed by atoms with E-state index in [9.17, 15) is 4.79 Å². The van der Waals surface area contributed by atoms with E-state index in [0.29, 0.717) is 25.3 Å². The Balaban J connectivity index is 1.87. The van der Waals surface area contributed by atoms with Crippen LogP contribution in [0.1, 0.15) is 22.3 Å². The monoisotopic (exact) mass is 300 g/mol. The van der Waals surface area contributed by atoms with Gasteiger partial charge in [-0.15, -0.1) is 0 Å². The summed E-state index contributed by atoms with van der Waals surface area (Å²) in [4.78, 5) is 20.2. The molecule has 0 atom stereocenters. The van der Waals surface area contributed by atoms with Gasteiger partial charge in [-0.2, -0.15) is 0 Å². The molecule has 0 aliphatic rings. The van der Waals surface area contributed by atoms with Gasteiger partial charge in [0.25, 0.3) is 5.91 Å². The van der Waals surface area contributed by atoms with E-state index in [-0.39, 0.29) is 5.91 Å². The Morgan fingerprint density at radius 1 is 1.27 bits per heavy atom. The topological polar surface area (TPSA) is 76.1 Å². The molecule has 6 nitrogen and oxygen atoms in total. The van der Waals surface area contributed by atoms with Crippen LogP contribution in [0.2, 0.25) is 0 Å². The van der Waals surface area contributed by atoms with Crippen molar-refractivity contribution >= 4 is 11.6 Å². The first-order valence-electron chi connectivity index (χ1n) is 7.14. The largest absolute Gasteiger partial charge is 0.385 e. The Hall–Kier alpha value is -2.47. The maximum atomic E-state index is 12.0. The molecular weight excluding hydrogens is 280 g/mol. The molecular formula is C16H20N4O2. The fourth-order valence-corrected chi connectivity index (χ4v) is 1.89. The summed E-state index contributed by atoms with van der Waals surface area (Å²) in [6.45, 7) is 1.85. The highest BCUT2D eigenvalue weighted by atomic mass is 16.5. The molecule has 2 rings (SSSR count). The second kappa shape index (κ2) is 8.74. The molecule has 0 saturated carbocycles. The van der Waals surface area contributed by atoms with E-state index in [2.05, 4.69) is 20.6 Å². The SMILES string of the molecule is COCCCNC(=O)c1cncc(NCc2cccnc2)c1. The van der Waals surface area contributed by atoms with Gasteiger partial charge < -0.3 is 15.4 Å². The van der Waals surface area contributed by atoms with Gasteiger partial charge in [-0.3, -0.25) is 14.8 Å². The van der Waals surface area contributed by atoms with Crippen LogP contribution in [0.25, 0.3) is 0 Å². The van der Waals surface area contributed by atoms with E-state index in [4.69, 9.17) is 4.74 Å². The van der Waals surface area contributed by atoms with Crippen LogP contribution in [0.5, 0.6) is 0 Å². The summed E-state index contributed by atoms with van der Waals surface area (Å²) in [6.07, 6.45) is 7.57. The van der Waals surface area contributed by atoms with Crippen LogP contribution >= 0.6 is 0 Å². The number of amides is 1. The van der Waals surface area contributed by atoms with Crippen LogP contribution in [-0.4, -0.2) is 36.1 Å². The molecule has 0 bridgehead atoms. The number of methoxy groups -OCH3 is 1. The fourth-order valence-electron chi connectivity index (χ4n) is 1.89. The second-order valence-electron chi connectivity index (χ2n) is 4.78. The molecule has 0 aliphatic carbocycles. The molecule has 1 amide bonds. The van der Waals surface area contributed by atoms with Crippen molar-refractivity contribution in [2.75, 3.05) is 25.6 Å². The normalized spacial score (nSPS) is 10.2. The Bertz CT molecular complexity index is 590. The molecule has 2 aromatic heterocycles. The highest BCUT2D eigenvalue weighted by Crippen LogP contribution is 2.10. The van der Waals surface area contributed by atoms with Crippen molar-refractivity contribution in [2.45, 2.75) is 13.0 Å². The number of ether oxygens (including phenoxy) is 1. The minimum Gasteiger partial charge on any atom is -0.385 e. The number of nitrogens with one attached hydrogen (secondary N) is 2. The Labute approximate surface area is 129 Å². The van der Waals surface area contributed by atoms with Crippen LogP contribution in [-0.2, 0) is 11.3 Å². The standard InChI is InChI=1S/C16H20N4O2/c1-22-7-3-6-19-16(21)14-8-15(12-18-11-14)20-10-13-4-2-5-17-9-13/h2,4-5,8-9,11-12,20H,3,6-7,10H2,1H3,(H,19,21). The highest BCUT2D eigenvalue weighted by molar-refractivity contribution is 5.94. The molecule has 22 heavy (non-hydrogen) atoms. The van der Waals surface area contributed by atoms with Crippen molar-refractivity contribution in [3.8, 4) is 0 Å². The first-order valence-corrected chi connectivity index (χ1v) is 7.14. The summed E-state index contributed by atoms with van der Waals surface area (Å²) in [5.41, 5.74) is 2.40. The lowest BCUT2D eigenvalue weighted by molar-refractivity contribution is 0.0948. The molecule has 116 valence electrons. The van der Waals surface area contributed by atoms with Gasteiger partial charge in [-0.25, -0.2) is 0 Å². The first-order chi connectivity index (χ1) is 10.8. The molecule has 6 heteroatoms. The number of nitrogens with zero attached hydrogens (tertiary/aromatic N) is 2. The molecule has 0 spiro atoms. The summed E-state index contributed by atoms with van der Waals surface area (Å²) < 4.78 is 4.94. The van der Waals surface area contributed by atoms with Crippen LogP contribution < -0.4 is 10.6 Å². The predicted molar refractivity (Wildman–Crippen MR) is 84.6 cm³/mol. The Kier molecular flexibility index (Phi) is 6.32. The first kappa shape index (κ1) is 15.9. The van der Waals surface area contributed by atoms with Gasteiger partial charge in [0, 0.05) is 51.6 Å². The fraction of sp³-hybridized carbons (Fsp3) is 0.312. The van der Waals surface area contributed by atoms with Gasteiger partial charge >= 0.3 is 0 Å². The van der Waals surface area contributed by atoms with Gasteiger partial charge in [0.15, 0.2) is 0 Å². The number of anilines is 1. The summed E-state index contributed by atoms with van der Waals surface area (Å²) in [6, 6.07) is 5.66. The van der Waals surface area contributed by atoms with E-state index in [0.717, 1.165) is 17.7 Å². The molecule has 2 aromatic rings. The molecule has 0 fully saturated rings. The lowest BCUT2D eigenvalue weighted by Gasteiger charge is -2.08. The second-order valence-corrected chi connectivity index (χ2v) is 4.78. The highest BCUT2D eigenvalue weighted by Gasteiger charge is 2.06. The predicted octanol–water partition coefficient (Wildman–Crippen LogP) is 1.85. The molecule has 2 N–H and O–H groups in total. The van der Waals surface area contributed by atoms with Crippen molar-refractivity contribution in [1.29, 1.82) is 0 Å². The molecule has 0 unspecified atom stereocenters. The lowest BCUT2D eigenvalue weighted by atomic mass is 10.2. The number of carbonyl (C=O) groups is 1. The Morgan fingerprint density at radius 2 is 2.18 bits per heavy atom. The average Bonchev–Trinajstić information content (AvgIpc) is 2.58. The van der Waals surface area contributed by atoms with Gasteiger partial charge in [0.1, 0.15) is 0 Å². The van der Waals surface area contributed by atoms with E-state index < -0.39 is 0 Å². The zero-order chi connectivity index (χ0) is 15.6. The summed E-state index contributed by atoms with van der Waals surface area (Å²) in [5, 5.41) is 6.07. The van der Waals surface area contributed by atoms with Crippen molar-refractivity contribution in [1.82, 2.24) is 15.3 Å². The Morgan fingerprint density at radius 3 is 2.95 bits per heavy atom. The van der Waals surface area contributed by atoms with E-state index in [1.54, 1.807) is 38.0 Å². The number of aromatic nitrogens is 2. The van der Waals surface area contributed by atoms with Gasteiger partial charge in [0.2, 0.25) is 0 Å². The maximum Gasteiger partial charge on any atom is 0.252 e. The third-order valence-corrected chi connectivity index (χ3v) is 3.03. The van der Waals surface area contributed by atoms with Gasteiger partial charge in [0.05, 0.1) is 11.3 Å². The summed E-state index contributed by atoms with van der Waals surface area (Å²) >= 11 is 0. The molecule has 0 saturated heterocycles. The number of hydrogen-bond acceptors (Lipinski definition) is 5. The number of hydrogen-bond donors (Lipinski definition) is 2. The molecule has 0 aliphatic heterocycles. The van der Waals surface area contributed by atoms with Crippen molar-refractivity contribution < 1.29 is 9.53 Å². The van der Waals surface area contributed by atoms with E-state index >= 15 is 0 Å². The van der Waals surface area contributed by atoms with Crippen LogP contribution in [0.3, 0.4) is 0 Å². The molecule has 2 heterocycles. The third-order valence-electron chi connectivity index (χ3n) is 3.03. The summed E-state index contributed by atoms with van der Waals surface area (Å²) in [7, 11) is 1.64. The lowest BCUT2D eigenvalue weighted by Crippen LogP contribution is -2.25. The van der Waals surface area contributed by atoms with Crippen LogP contribution in [0.15, 0.2) is 43.0 Å². The summed E-state index contributed by atoms with van der Waals surface area (Å²) in [5.74, 6) is -0.131. The zero-order valence-corrected chi connectivity index (χ0v) is 12.6. The van der Waals surface area contributed by atoms with Crippen molar-refractivity contribution in [3.05, 3.63) is 54.1 Å². The van der Waals surface area contributed by atoms with Crippen molar-refractivity contribution in [2.24, 2.45) is 0 Å². The number of carbonyl (C=O) groups excluding carboxylic acids is 1. The van der Waals surface area contributed by atoms with E-state index in [1.807, 2.05) is 12.1 Å². The molecule has 0 aromatic carbocycles. The van der Waals surface area contributed by atoms with Gasteiger partial charge in [-0.1, -0.05) is 6.07 Å². The van der Waals surface area contributed by atoms with E-state index in [1.165, 1.54) is 0 Å². The quantitative estimate of drug-likeness (QED) is 0.728. The van der Waals surface area contributed by atoms with Crippen molar-refractivity contribution in [3.63, 3.8) is 0 Å². The maximum absolute atomic E-state index is 12.0. The number of pyridine rings is 2. The number of rotatable bonds is 8. The van der Waals surface area contributed by atoms with Crippen LogP contribution in [0.4, 0.5) is 5.69 Å².